The molecule has 1 fully saturated rings. The number of nitrogens with zero attached hydrogens (tertiary/aromatic N) is 1. The molecule has 1 aliphatic heterocycles. The van der Waals surface area contributed by atoms with E-state index in [1.165, 1.54) is 0 Å². The van der Waals surface area contributed by atoms with Gasteiger partial charge in [0, 0.05) is 18.9 Å². The standard InChI is InChI=1S/C12H18N2O4S/c1-2-19(15,16)14-10-6-8-17-9-11(10)18-12-5-3-4-7-13-12/h3-5,7,10-11,14H,2,6,8-9H2,1H3/t10-,11-/m1/s1. The third kappa shape index (κ3) is 4.15. The highest BCUT2D eigenvalue weighted by Crippen LogP contribution is 2.16. The van der Waals surface area contributed by atoms with Crippen molar-refractivity contribution < 1.29 is 17.9 Å². The summed E-state index contributed by atoms with van der Waals surface area (Å²) in [6.45, 7) is 2.49. The van der Waals surface area contributed by atoms with Crippen LogP contribution in [0.5, 0.6) is 5.88 Å². The topological polar surface area (TPSA) is 77.5 Å². The fraction of sp³-hybridized carbons (Fsp3) is 0.583. The first-order valence-corrected chi connectivity index (χ1v) is 7.91. The second-order valence-corrected chi connectivity index (χ2v) is 6.36. The Morgan fingerprint density at radius 1 is 1.53 bits per heavy atom. The van der Waals surface area contributed by atoms with Gasteiger partial charge in [0.05, 0.1) is 18.4 Å². The molecule has 0 radical (unpaired) electrons. The first-order chi connectivity index (χ1) is 9.11. The molecule has 0 amide bonds. The van der Waals surface area contributed by atoms with E-state index in [0.717, 1.165) is 0 Å². The van der Waals surface area contributed by atoms with Crippen molar-refractivity contribution in [2.24, 2.45) is 0 Å². The van der Waals surface area contributed by atoms with Gasteiger partial charge < -0.3 is 9.47 Å². The van der Waals surface area contributed by atoms with Gasteiger partial charge in [-0.05, 0) is 19.4 Å². The minimum atomic E-state index is -3.25. The summed E-state index contributed by atoms with van der Waals surface area (Å²) < 4.78 is 37.0. The van der Waals surface area contributed by atoms with E-state index in [0.29, 0.717) is 25.5 Å². The molecule has 106 valence electrons. The molecule has 2 heterocycles. The highest BCUT2D eigenvalue weighted by molar-refractivity contribution is 7.89. The van der Waals surface area contributed by atoms with Crippen LogP contribution in [0, 0.1) is 0 Å². The van der Waals surface area contributed by atoms with Crippen LogP contribution in [0.1, 0.15) is 13.3 Å². The molecule has 6 nitrogen and oxygen atoms in total. The number of hydrogen-bond acceptors (Lipinski definition) is 5. The van der Waals surface area contributed by atoms with Crippen LogP contribution in [-0.2, 0) is 14.8 Å². The molecule has 1 aromatic rings. The van der Waals surface area contributed by atoms with E-state index in [1.54, 1.807) is 25.3 Å². The highest BCUT2D eigenvalue weighted by atomic mass is 32.2. The number of hydrogen-bond donors (Lipinski definition) is 1. The SMILES string of the molecule is CCS(=O)(=O)N[C@@H]1CCOC[C@H]1Oc1ccccn1. The monoisotopic (exact) mass is 286 g/mol. The molecule has 0 saturated carbocycles. The summed E-state index contributed by atoms with van der Waals surface area (Å²) in [4.78, 5) is 4.07. The molecule has 19 heavy (non-hydrogen) atoms. The lowest BCUT2D eigenvalue weighted by atomic mass is 10.1. The summed E-state index contributed by atoms with van der Waals surface area (Å²) >= 11 is 0. The van der Waals surface area contributed by atoms with E-state index in [-0.39, 0.29) is 17.9 Å². The molecule has 1 saturated heterocycles. The van der Waals surface area contributed by atoms with Crippen molar-refractivity contribution in [3.63, 3.8) is 0 Å². The average molecular weight is 286 g/mol. The van der Waals surface area contributed by atoms with Gasteiger partial charge >= 0.3 is 0 Å². The van der Waals surface area contributed by atoms with Crippen molar-refractivity contribution in [3.8, 4) is 5.88 Å². The van der Waals surface area contributed by atoms with Crippen LogP contribution in [0.3, 0.4) is 0 Å². The Morgan fingerprint density at radius 3 is 3.05 bits per heavy atom. The van der Waals surface area contributed by atoms with Gasteiger partial charge in [0.1, 0.15) is 6.10 Å². The average Bonchev–Trinajstić information content (AvgIpc) is 2.42. The van der Waals surface area contributed by atoms with Gasteiger partial charge in [0.2, 0.25) is 15.9 Å². The minimum Gasteiger partial charge on any atom is -0.470 e. The van der Waals surface area contributed by atoms with Crippen LogP contribution >= 0.6 is 0 Å². The van der Waals surface area contributed by atoms with Crippen molar-refractivity contribution in [1.82, 2.24) is 9.71 Å². The fourth-order valence-corrected chi connectivity index (χ4v) is 2.75. The van der Waals surface area contributed by atoms with Crippen LogP contribution in [-0.4, -0.2) is 44.5 Å². The maximum Gasteiger partial charge on any atom is 0.213 e. The summed E-state index contributed by atoms with van der Waals surface area (Å²) in [5.74, 6) is 0.527. The van der Waals surface area contributed by atoms with Crippen molar-refractivity contribution in [1.29, 1.82) is 0 Å². The Morgan fingerprint density at radius 2 is 2.37 bits per heavy atom. The number of sulfonamides is 1. The summed E-state index contributed by atoms with van der Waals surface area (Å²) in [7, 11) is -3.25. The molecule has 1 aromatic heterocycles. The van der Waals surface area contributed by atoms with Crippen molar-refractivity contribution in [2.75, 3.05) is 19.0 Å². The lowest BCUT2D eigenvalue weighted by Crippen LogP contribution is -2.51. The Bertz CT molecular complexity index is 492. The number of rotatable bonds is 5. The van der Waals surface area contributed by atoms with Crippen molar-refractivity contribution in [3.05, 3.63) is 24.4 Å². The number of nitrogens with one attached hydrogen (secondary N) is 1. The molecule has 0 aliphatic carbocycles. The van der Waals surface area contributed by atoms with E-state index < -0.39 is 10.0 Å². The maximum absolute atomic E-state index is 11.6. The Hall–Kier alpha value is -1.18. The third-order valence-corrected chi connectivity index (χ3v) is 4.35. The molecule has 0 spiro atoms. The van der Waals surface area contributed by atoms with Gasteiger partial charge in [-0.1, -0.05) is 6.07 Å². The van der Waals surface area contributed by atoms with Crippen LogP contribution in [0.15, 0.2) is 24.4 Å². The molecule has 2 atom stereocenters. The van der Waals surface area contributed by atoms with E-state index in [9.17, 15) is 8.42 Å². The fourth-order valence-electron chi connectivity index (χ4n) is 1.85. The third-order valence-electron chi connectivity index (χ3n) is 2.92. The van der Waals surface area contributed by atoms with Crippen LogP contribution < -0.4 is 9.46 Å². The summed E-state index contributed by atoms with van der Waals surface area (Å²) in [6, 6.07) is 5.07. The zero-order chi connectivity index (χ0) is 13.7. The van der Waals surface area contributed by atoms with E-state index in [2.05, 4.69) is 9.71 Å². The molecule has 1 N–H and O–H groups in total. The lowest BCUT2D eigenvalue weighted by molar-refractivity contribution is -0.0111. The molecular formula is C12H18N2O4S. The lowest BCUT2D eigenvalue weighted by Gasteiger charge is -2.31. The number of ether oxygens (including phenoxy) is 2. The highest BCUT2D eigenvalue weighted by Gasteiger charge is 2.30. The molecule has 1 aliphatic rings. The van der Waals surface area contributed by atoms with E-state index in [1.807, 2.05) is 6.07 Å². The quantitative estimate of drug-likeness (QED) is 0.855. The zero-order valence-corrected chi connectivity index (χ0v) is 11.6. The normalized spacial score (nSPS) is 24.1. The minimum absolute atomic E-state index is 0.0562. The predicted molar refractivity (Wildman–Crippen MR) is 70.5 cm³/mol. The number of aromatic nitrogens is 1. The molecule has 2 rings (SSSR count). The Balaban J connectivity index is 2.04. The molecule has 0 bridgehead atoms. The predicted octanol–water partition coefficient (Wildman–Crippen LogP) is 0.557. The molecule has 0 aromatic carbocycles. The van der Waals surface area contributed by atoms with Gasteiger partial charge in [-0.25, -0.2) is 18.1 Å². The van der Waals surface area contributed by atoms with Gasteiger partial charge in [-0.15, -0.1) is 0 Å². The van der Waals surface area contributed by atoms with Gasteiger partial charge in [0.15, 0.2) is 0 Å². The first-order valence-electron chi connectivity index (χ1n) is 6.26. The molecule has 0 unspecified atom stereocenters. The first kappa shape index (κ1) is 14.2. The van der Waals surface area contributed by atoms with Crippen LogP contribution in [0.25, 0.3) is 0 Å². The Labute approximate surface area is 113 Å². The Kier molecular flexibility index (Phi) is 4.73. The molecule has 7 heteroatoms. The van der Waals surface area contributed by atoms with Crippen molar-refractivity contribution >= 4 is 10.0 Å². The summed E-state index contributed by atoms with van der Waals surface area (Å²) in [6.07, 6.45) is 1.87. The second kappa shape index (κ2) is 6.31. The van der Waals surface area contributed by atoms with E-state index in [4.69, 9.17) is 9.47 Å². The number of pyridine rings is 1. The second-order valence-electron chi connectivity index (χ2n) is 4.32. The van der Waals surface area contributed by atoms with E-state index >= 15 is 0 Å². The van der Waals surface area contributed by atoms with Gasteiger partial charge in [-0.2, -0.15) is 0 Å². The zero-order valence-electron chi connectivity index (χ0n) is 10.8. The maximum atomic E-state index is 11.6. The largest absolute Gasteiger partial charge is 0.470 e. The van der Waals surface area contributed by atoms with Crippen LogP contribution in [0.4, 0.5) is 0 Å². The smallest absolute Gasteiger partial charge is 0.213 e. The van der Waals surface area contributed by atoms with Crippen molar-refractivity contribution in [2.45, 2.75) is 25.5 Å². The summed E-state index contributed by atoms with van der Waals surface area (Å²) in [5, 5.41) is 0. The van der Waals surface area contributed by atoms with Gasteiger partial charge in [0.25, 0.3) is 0 Å². The van der Waals surface area contributed by atoms with Gasteiger partial charge in [-0.3, -0.25) is 0 Å². The van der Waals surface area contributed by atoms with Crippen LogP contribution in [0.2, 0.25) is 0 Å². The summed E-state index contributed by atoms with van der Waals surface area (Å²) in [5.41, 5.74) is 0. The molecular weight excluding hydrogens is 268 g/mol.